The molecule has 0 aliphatic carbocycles. The van der Waals surface area contributed by atoms with Crippen LogP contribution < -0.4 is 10.8 Å². The maximum absolute atomic E-state index is 13.5. The number of amides is 1. The van der Waals surface area contributed by atoms with Gasteiger partial charge in [0.1, 0.15) is 13.7 Å². The van der Waals surface area contributed by atoms with Crippen molar-refractivity contribution >= 4 is 45.6 Å². The molecule has 3 aromatic rings. The largest absolute Gasteiger partial charge is 0.375 e. The van der Waals surface area contributed by atoms with Gasteiger partial charge in [-0.1, -0.05) is 41.4 Å². The molecule has 0 aromatic heterocycles. The number of hydrogen-bond donors (Lipinski definition) is 0. The molecule has 34 heavy (non-hydrogen) atoms. The second-order valence-corrected chi connectivity index (χ2v) is 9.20. The first kappa shape index (κ1) is 24.1. The van der Waals surface area contributed by atoms with Crippen molar-refractivity contribution in [3.63, 3.8) is 0 Å². The highest BCUT2D eigenvalue weighted by molar-refractivity contribution is 7.28. The van der Waals surface area contributed by atoms with E-state index in [1.165, 1.54) is 12.1 Å². The fourth-order valence-corrected chi connectivity index (χ4v) is 4.73. The Morgan fingerprint density at radius 1 is 1.15 bits per heavy atom. The van der Waals surface area contributed by atoms with Gasteiger partial charge in [0, 0.05) is 18.2 Å². The summed E-state index contributed by atoms with van der Waals surface area (Å²) >= 11 is 0. The van der Waals surface area contributed by atoms with Gasteiger partial charge in [0.2, 0.25) is 0 Å². The molecule has 4 rings (SSSR count). The maximum Gasteiger partial charge on any atom is 0.254 e. The molecule has 1 aliphatic rings. The second-order valence-electron chi connectivity index (χ2n) is 8.58. The summed E-state index contributed by atoms with van der Waals surface area (Å²) in [6, 6.07) is 15.3. The lowest BCUT2D eigenvalue weighted by molar-refractivity contribution is 0.0620. The highest BCUT2D eigenvalue weighted by Gasteiger charge is 2.29. The van der Waals surface area contributed by atoms with Crippen molar-refractivity contribution in [1.29, 1.82) is 0 Å². The van der Waals surface area contributed by atoms with Gasteiger partial charge < -0.3 is 9.64 Å². The number of rotatable bonds is 5. The van der Waals surface area contributed by atoms with Crippen LogP contribution in [0.2, 0.25) is 0 Å². The number of halogens is 1. The molecule has 0 saturated carbocycles. The molecule has 2 unspecified atom stereocenters. The van der Waals surface area contributed by atoms with Crippen molar-refractivity contribution in [1.82, 2.24) is 4.90 Å². The first-order valence-electron chi connectivity index (χ1n) is 11.1. The molecule has 4 nitrogen and oxygen atoms in total. The van der Waals surface area contributed by atoms with E-state index in [0.29, 0.717) is 24.3 Å². The molecule has 0 N–H and O–H groups in total. The number of ether oxygens (including phenoxy) is 1. The predicted octanol–water partition coefficient (Wildman–Crippen LogP) is 2.93. The van der Waals surface area contributed by atoms with E-state index in [4.69, 9.17) is 4.74 Å². The fraction of sp³-hybridized carbons (Fsp3) is 0.185. The van der Waals surface area contributed by atoms with Crippen LogP contribution in [0.4, 0.5) is 4.39 Å². The molecule has 7 heteroatoms. The zero-order valence-corrected chi connectivity index (χ0v) is 20.6. The van der Waals surface area contributed by atoms with Crippen molar-refractivity contribution in [2.75, 3.05) is 20.3 Å². The summed E-state index contributed by atoms with van der Waals surface area (Å²) in [5, 5.41) is 0.846. The average Bonchev–Trinajstić information content (AvgIpc) is 2.85. The number of aryl methyl sites for hydroxylation is 1. The Morgan fingerprint density at radius 2 is 1.88 bits per heavy atom. The van der Waals surface area contributed by atoms with E-state index >= 15 is 0 Å². The van der Waals surface area contributed by atoms with Crippen LogP contribution in [0.5, 0.6) is 0 Å². The van der Waals surface area contributed by atoms with Gasteiger partial charge in [0.15, 0.2) is 6.29 Å². The van der Waals surface area contributed by atoms with Gasteiger partial charge in [-0.15, -0.1) is 9.24 Å². The lowest BCUT2D eigenvalue weighted by atomic mass is 9.83. The maximum atomic E-state index is 13.5. The molecule has 2 atom stereocenters. The van der Waals surface area contributed by atoms with E-state index in [1.807, 2.05) is 45.1 Å². The number of carbonyl (C=O) groups excluding carboxylic acids is 2. The Kier molecular flexibility index (Phi) is 7.11. The second kappa shape index (κ2) is 10.0. The highest BCUT2D eigenvalue weighted by Crippen LogP contribution is 2.29. The van der Waals surface area contributed by atoms with Crippen LogP contribution >= 0.6 is 9.24 Å². The molecule has 172 valence electrons. The molecular formula is C27H26BFNO3P. The minimum Gasteiger partial charge on any atom is -0.375 e. The van der Waals surface area contributed by atoms with Gasteiger partial charge in [0.05, 0.1) is 19.3 Å². The number of nitrogens with zero attached hydrogens (tertiary/aromatic N) is 1. The van der Waals surface area contributed by atoms with Crippen LogP contribution in [-0.4, -0.2) is 51.2 Å². The first-order valence-corrected chi connectivity index (χ1v) is 11.6. The molecule has 0 spiro atoms. The number of hydrogen-bond acceptors (Lipinski definition) is 3. The van der Waals surface area contributed by atoms with Gasteiger partial charge in [-0.05, 0) is 64.8 Å². The Hall–Kier alpha value is -3.08. The van der Waals surface area contributed by atoms with E-state index in [1.54, 1.807) is 30.1 Å². The number of benzene rings is 3. The summed E-state index contributed by atoms with van der Waals surface area (Å²) in [5.74, 6) is -0.435. The molecule has 0 saturated heterocycles. The molecule has 0 radical (unpaired) electrons. The first-order chi connectivity index (χ1) is 16.3. The van der Waals surface area contributed by atoms with Crippen LogP contribution in [0.15, 0.2) is 60.7 Å². The Labute approximate surface area is 202 Å². The Balaban J connectivity index is 1.64. The highest BCUT2D eigenvalue weighted by atomic mass is 31.0. The number of likely N-dealkylation sites (N-methyl/N-ethyl adjacent to an activating group) is 1. The van der Waals surface area contributed by atoms with E-state index in [9.17, 15) is 14.0 Å². The summed E-state index contributed by atoms with van der Waals surface area (Å²) in [7, 11) is 6.43. The molecule has 0 bridgehead atoms. The summed E-state index contributed by atoms with van der Waals surface area (Å²) in [6.45, 7) is 2.76. The van der Waals surface area contributed by atoms with Crippen molar-refractivity contribution in [2.45, 2.75) is 13.0 Å². The van der Waals surface area contributed by atoms with E-state index in [-0.39, 0.29) is 17.8 Å². The van der Waals surface area contributed by atoms with Crippen LogP contribution in [0, 0.1) is 12.7 Å². The Morgan fingerprint density at radius 3 is 2.56 bits per heavy atom. The van der Waals surface area contributed by atoms with Crippen LogP contribution in [-0.2, 0) is 4.74 Å². The van der Waals surface area contributed by atoms with Gasteiger partial charge in [-0.3, -0.25) is 9.59 Å². The van der Waals surface area contributed by atoms with Gasteiger partial charge in [0.25, 0.3) is 5.91 Å². The third-order valence-corrected chi connectivity index (χ3v) is 6.88. The SMILES string of the molecule is Bc1cc(C2=CCOCC2N(C)C(=O)c2ccc(-c3ccc(F)cc3)c(P)c2)c(C=O)cc1C. The topological polar surface area (TPSA) is 46.6 Å². The molecule has 0 fully saturated rings. The third-order valence-electron chi connectivity index (χ3n) is 6.40. The third kappa shape index (κ3) is 4.75. The summed E-state index contributed by atoms with van der Waals surface area (Å²) in [6.07, 6.45) is 2.82. The van der Waals surface area contributed by atoms with Crippen molar-refractivity contribution < 1.29 is 18.7 Å². The minimum atomic E-state index is -0.327. The van der Waals surface area contributed by atoms with Crippen molar-refractivity contribution in [3.05, 3.63) is 88.7 Å². The fourth-order valence-electron chi connectivity index (χ4n) is 4.28. The summed E-state index contributed by atoms with van der Waals surface area (Å²) in [4.78, 5) is 26.9. The minimum absolute atomic E-state index is 0.146. The number of carbonyl (C=O) groups is 2. The molecule has 1 aliphatic heterocycles. The standard InChI is InChI=1S/C27H26BFNO3P/c1-16-11-19(14-31)23(13-24(16)28)22-9-10-33-15-25(22)30(2)27(32)18-5-8-21(26(34)12-18)17-3-6-20(29)7-4-17/h3-9,11-14,25H,10,15,28,34H2,1-2H3. The van der Waals surface area contributed by atoms with E-state index in [0.717, 1.165) is 44.9 Å². The normalized spacial score (nSPS) is 15.5. The molecule has 1 amide bonds. The van der Waals surface area contributed by atoms with Crippen LogP contribution in [0.1, 0.15) is 31.8 Å². The van der Waals surface area contributed by atoms with Gasteiger partial charge in [-0.25, -0.2) is 4.39 Å². The summed E-state index contributed by atoms with van der Waals surface area (Å²) in [5.41, 5.74) is 6.83. The van der Waals surface area contributed by atoms with Crippen molar-refractivity contribution in [3.8, 4) is 11.1 Å². The van der Waals surface area contributed by atoms with Crippen molar-refractivity contribution in [2.24, 2.45) is 0 Å². The van der Waals surface area contributed by atoms with E-state index in [2.05, 4.69) is 9.24 Å². The lowest BCUT2D eigenvalue weighted by Crippen LogP contribution is -2.43. The lowest BCUT2D eigenvalue weighted by Gasteiger charge is -2.33. The molecule has 1 heterocycles. The molecule has 3 aromatic carbocycles. The number of aldehydes is 1. The van der Waals surface area contributed by atoms with Gasteiger partial charge >= 0.3 is 0 Å². The quantitative estimate of drug-likeness (QED) is 0.326. The molecular weight excluding hydrogens is 447 g/mol. The van der Waals surface area contributed by atoms with Crippen LogP contribution in [0.3, 0.4) is 0 Å². The predicted molar refractivity (Wildman–Crippen MR) is 141 cm³/mol. The monoisotopic (exact) mass is 473 g/mol. The smallest absolute Gasteiger partial charge is 0.254 e. The zero-order valence-electron chi connectivity index (χ0n) is 19.5. The summed E-state index contributed by atoms with van der Waals surface area (Å²) < 4.78 is 19.0. The Bertz CT molecular complexity index is 1290. The van der Waals surface area contributed by atoms with Gasteiger partial charge in [-0.2, -0.15) is 0 Å². The average molecular weight is 473 g/mol. The zero-order chi connectivity index (χ0) is 24.4. The van der Waals surface area contributed by atoms with Crippen LogP contribution in [0.25, 0.3) is 16.7 Å². The van der Waals surface area contributed by atoms with E-state index < -0.39 is 0 Å².